The van der Waals surface area contributed by atoms with Crippen molar-refractivity contribution in [3.8, 4) is 0 Å². The Balaban J connectivity index is 1.63. The van der Waals surface area contributed by atoms with Crippen molar-refractivity contribution in [1.29, 1.82) is 0 Å². The van der Waals surface area contributed by atoms with Crippen LogP contribution in [0.2, 0.25) is 0 Å². The second-order valence-corrected chi connectivity index (χ2v) is 7.57. The summed E-state index contributed by atoms with van der Waals surface area (Å²) >= 11 is 0. The molecule has 0 aliphatic carbocycles. The monoisotopic (exact) mass is 458 g/mol. The molecule has 0 spiro atoms. The van der Waals surface area contributed by atoms with Gasteiger partial charge in [-0.2, -0.15) is 0 Å². The summed E-state index contributed by atoms with van der Waals surface area (Å²) in [5.74, 6) is -2.68. The molecule has 1 saturated heterocycles. The van der Waals surface area contributed by atoms with Crippen LogP contribution < -0.4 is 15.5 Å². The van der Waals surface area contributed by atoms with Crippen molar-refractivity contribution < 1.29 is 28.6 Å². The van der Waals surface area contributed by atoms with Gasteiger partial charge < -0.3 is 25.4 Å². The van der Waals surface area contributed by atoms with Crippen LogP contribution in [0.25, 0.3) is 0 Å². The summed E-state index contributed by atoms with van der Waals surface area (Å²) in [6.07, 6.45) is 0. The van der Waals surface area contributed by atoms with Gasteiger partial charge in [0.05, 0.1) is 30.0 Å². The van der Waals surface area contributed by atoms with Gasteiger partial charge in [-0.05, 0) is 30.3 Å². The molecule has 2 aromatic carbocycles. The number of anilines is 2. The Kier molecular flexibility index (Phi) is 8.34. The summed E-state index contributed by atoms with van der Waals surface area (Å²) < 4.78 is 18.8. The van der Waals surface area contributed by atoms with E-state index in [-0.39, 0.29) is 22.7 Å². The van der Waals surface area contributed by atoms with Crippen LogP contribution in [0.15, 0.2) is 42.5 Å². The van der Waals surface area contributed by atoms with E-state index < -0.39 is 17.7 Å². The molecule has 0 aromatic heterocycles. The molecule has 0 unspecified atom stereocenters. The molecule has 3 N–H and O–H groups in total. The van der Waals surface area contributed by atoms with E-state index in [0.717, 1.165) is 0 Å². The quantitative estimate of drug-likeness (QED) is 0.490. The van der Waals surface area contributed by atoms with E-state index in [1.165, 1.54) is 36.4 Å². The average Bonchev–Trinajstić information content (AvgIpc) is 2.80. The lowest BCUT2D eigenvalue weighted by atomic mass is 10.1. The van der Waals surface area contributed by atoms with Crippen LogP contribution in [0.5, 0.6) is 0 Å². The molecule has 0 atom stereocenters. The Bertz CT molecular complexity index is 1010. The van der Waals surface area contributed by atoms with Crippen LogP contribution in [-0.2, 0) is 9.53 Å². The summed E-state index contributed by atoms with van der Waals surface area (Å²) in [5, 5.41) is 14.9. The molecule has 3 rings (SSSR count). The number of carbonyl (C=O) groups is 3. The lowest BCUT2D eigenvalue weighted by molar-refractivity contribution is -0.122. The van der Waals surface area contributed by atoms with E-state index in [0.29, 0.717) is 51.6 Å². The lowest BCUT2D eigenvalue weighted by Crippen LogP contribution is -2.49. The highest BCUT2D eigenvalue weighted by Gasteiger charge is 2.22. The number of amides is 2. The number of nitrogens with zero attached hydrogens (tertiary/aromatic N) is 2. The van der Waals surface area contributed by atoms with E-state index in [2.05, 4.69) is 10.6 Å². The number of rotatable bonds is 9. The Morgan fingerprint density at radius 2 is 1.79 bits per heavy atom. The second-order valence-electron chi connectivity index (χ2n) is 7.57. The Labute approximate surface area is 191 Å². The maximum absolute atomic E-state index is 13.9. The number of benzene rings is 2. The van der Waals surface area contributed by atoms with Crippen molar-refractivity contribution in [3.63, 3.8) is 0 Å². The first-order valence-corrected chi connectivity index (χ1v) is 10.5. The summed E-state index contributed by atoms with van der Waals surface area (Å²) in [6.45, 7) is 3.74. The van der Waals surface area contributed by atoms with Crippen molar-refractivity contribution in [1.82, 2.24) is 10.2 Å². The molecule has 2 amide bonds. The number of carboxylic acid groups (broad SMARTS) is 1. The normalized spacial score (nSPS) is 14.1. The van der Waals surface area contributed by atoms with Crippen LogP contribution in [0, 0.1) is 5.82 Å². The number of nitrogens with one attached hydrogen (secondary N) is 2. The molecule has 1 aliphatic rings. The van der Waals surface area contributed by atoms with Gasteiger partial charge in [-0.1, -0.05) is 12.1 Å². The predicted octanol–water partition coefficient (Wildman–Crippen LogP) is 1.66. The van der Waals surface area contributed by atoms with Crippen LogP contribution in [-0.4, -0.2) is 80.8 Å². The van der Waals surface area contributed by atoms with E-state index in [4.69, 9.17) is 4.74 Å². The fourth-order valence-electron chi connectivity index (χ4n) is 3.57. The molecular weight excluding hydrogens is 431 g/mol. The SMILES string of the molecule is COCCNC(=O)CN1CCN(c2ccc(NC(=O)c3ccccc3F)c(C(=O)O)c2)CC1. The number of aromatic carboxylic acids is 1. The zero-order valence-corrected chi connectivity index (χ0v) is 18.3. The zero-order valence-electron chi connectivity index (χ0n) is 18.3. The molecule has 33 heavy (non-hydrogen) atoms. The van der Waals surface area contributed by atoms with Gasteiger partial charge in [-0.3, -0.25) is 14.5 Å². The number of piperazine rings is 1. The molecular formula is C23H27FN4O5. The van der Waals surface area contributed by atoms with Gasteiger partial charge in [-0.15, -0.1) is 0 Å². The van der Waals surface area contributed by atoms with Gasteiger partial charge >= 0.3 is 5.97 Å². The highest BCUT2D eigenvalue weighted by Crippen LogP contribution is 2.25. The van der Waals surface area contributed by atoms with Crippen LogP contribution in [0.4, 0.5) is 15.8 Å². The third kappa shape index (κ3) is 6.50. The maximum atomic E-state index is 13.9. The number of carbonyl (C=O) groups excluding carboxylic acids is 2. The van der Waals surface area contributed by atoms with Gasteiger partial charge in [0, 0.05) is 45.5 Å². The van der Waals surface area contributed by atoms with Crippen LogP contribution in [0.1, 0.15) is 20.7 Å². The van der Waals surface area contributed by atoms with E-state index in [1.54, 1.807) is 13.2 Å². The van der Waals surface area contributed by atoms with Crippen molar-refractivity contribution in [2.45, 2.75) is 0 Å². The smallest absolute Gasteiger partial charge is 0.337 e. The standard InChI is InChI=1S/C23H27FN4O5/c1-33-13-8-25-21(29)15-27-9-11-28(12-10-27)16-6-7-20(18(14-16)23(31)32)26-22(30)17-4-2-3-5-19(17)24/h2-7,14H,8-13,15H2,1H3,(H,25,29)(H,26,30)(H,31,32). The molecule has 10 heteroatoms. The summed E-state index contributed by atoms with van der Waals surface area (Å²) in [4.78, 5) is 40.2. The van der Waals surface area contributed by atoms with Crippen molar-refractivity contribution in [2.75, 3.05) is 63.2 Å². The minimum atomic E-state index is -1.20. The minimum Gasteiger partial charge on any atom is -0.478 e. The maximum Gasteiger partial charge on any atom is 0.337 e. The van der Waals surface area contributed by atoms with Gasteiger partial charge in [0.25, 0.3) is 5.91 Å². The summed E-state index contributed by atoms with van der Waals surface area (Å²) in [6, 6.07) is 10.2. The fraction of sp³-hybridized carbons (Fsp3) is 0.348. The largest absolute Gasteiger partial charge is 0.478 e. The molecule has 0 saturated carbocycles. The first kappa shape index (κ1) is 24.1. The number of halogens is 1. The molecule has 1 heterocycles. The van der Waals surface area contributed by atoms with Gasteiger partial charge in [0.1, 0.15) is 5.82 Å². The predicted molar refractivity (Wildman–Crippen MR) is 121 cm³/mol. The van der Waals surface area contributed by atoms with E-state index in [9.17, 15) is 23.9 Å². The number of carboxylic acids is 1. The number of hydrogen-bond acceptors (Lipinski definition) is 6. The highest BCUT2D eigenvalue weighted by atomic mass is 19.1. The van der Waals surface area contributed by atoms with Crippen LogP contribution >= 0.6 is 0 Å². The van der Waals surface area contributed by atoms with E-state index >= 15 is 0 Å². The third-order valence-corrected chi connectivity index (χ3v) is 5.33. The third-order valence-electron chi connectivity index (χ3n) is 5.33. The molecule has 1 fully saturated rings. The van der Waals surface area contributed by atoms with Gasteiger partial charge in [-0.25, -0.2) is 9.18 Å². The highest BCUT2D eigenvalue weighted by molar-refractivity contribution is 6.08. The Morgan fingerprint density at radius 3 is 2.45 bits per heavy atom. The molecule has 9 nitrogen and oxygen atoms in total. The number of ether oxygens (including phenoxy) is 1. The molecule has 0 bridgehead atoms. The average molecular weight is 458 g/mol. The van der Waals surface area contributed by atoms with Crippen molar-refractivity contribution >= 4 is 29.2 Å². The first-order chi connectivity index (χ1) is 15.9. The first-order valence-electron chi connectivity index (χ1n) is 10.5. The summed E-state index contributed by atoms with van der Waals surface area (Å²) in [5.41, 5.74) is 0.531. The fourth-order valence-corrected chi connectivity index (χ4v) is 3.57. The van der Waals surface area contributed by atoms with Gasteiger partial charge in [0.15, 0.2) is 0 Å². The molecule has 0 radical (unpaired) electrons. The number of hydrogen-bond donors (Lipinski definition) is 3. The Morgan fingerprint density at radius 1 is 1.06 bits per heavy atom. The molecule has 2 aromatic rings. The summed E-state index contributed by atoms with van der Waals surface area (Å²) in [7, 11) is 1.57. The molecule has 176 valence electrons. The van der Waals surface area contributed by atoms with Crippen LogP contribution in [0.3, 0.4) is 0 Å². The van der Waals surface area contributed by atoms with Crippen molar-refractivity contribution in [3.05, 3.63) is 59.4 Å². The minimum absolute atomic E-state index is 0.0661. The second kappa shape index (κ2) is 11.4. The van der Waals surface area contributed by atoms with Gasteiger partial charge in [0.2, 0.25) is 5.91 Å². The Hall–Kier alpha value is -3.50. The zero-order chi connectivity index (χ0) is 23.8. The van der Waals surface area contributed by atoms with Crippen molar-refractivity contribution in [2.24, 2.45) is 0 Å². The number of methoxy groups -OCH3 is 1. The van der Waals surface area contributed by atoms with E-state index in [1.807, 2.05) is 9.80 Å². The lowest BCUT2D eigenvalue weighted by Gasteiger charge is -2.36. The topological polar surface area (TPSA) is 111 Å². The molecule has 1 aliphatic heterocycles.